The third-order valence-corrected chi connectivity index (χ3v) is 0.814. The fourth-order valence-corrected chi connectivity index (χ4v) is 0.391. The van der Waals surface area contributed by atoms with Gasteiger partial charge in [0.25, 0.3) is 5.56 Å². The van der Waals surface area contributed by atoms with E-state index in [1.165, 1.54) is 0 Å². The molecule has 0 amide bonds. The van der Waals surface area contributed by atoms with E-state index >= 15 is 0 Å². The zero-order valence-electron chi connectivity index (χ0n) is 7.37. The highest BCUT2D eigenvalue weighted by Gasteiger charge is 1.85. The average Bonchev–Trinajstić information content (AvgIpc) is 1.82. The molecule has 0 aliphatic carbocycles. The standard InChI is InChI=1S/C5H6N2O2/c1-7-4(8)2-3-6-5(7)9/h2-3H,1H3,(H,6,9)/p-1/i1D3. The molecular formula is C5H5N2O2-. The van der Waals surface area contributed by atoms with Crippen LogP contribution in [0.3, 0.4) is 0 Å². The van der Waals surface area contributed by atoms with Crippen LogP contribution in [-0.4, -0.2) is 9.55 Å². The molecule has 48 valence electrons. The van der Waals surface area contributed by atoms with Crippen molar-refractivity contribution in [3.05, 3.63) is 22.6 Å². The van der Waals surface area contributed by atoms with Crippen molar-refractivity contribution in [2.75, 3.05) is 0 Å². The second-order valence-corrected chi connectivity index (χ2v) is 1.40. The van der Waals surface area contributed by atoms with Crippen LogP contribution in [0.4, 0.5) is 0 Å². The molecule has 0 aromatic carbocycles. The van der Waals surface area contributed by atoms with Crippen molar-refractivity contribution in [3.63, 3.8) is 0 Å². The Hall–Kier alpha value is -1.32. The minimum atomic E-state index is -2.75. The Labute approximate surface area is 55.6 Å². The average molecular weight is 128 g/mol. The van der Waals surface area contributed by atoms with E-state index in [0.29, 0.717) is 0 Å². The van der Waals surface area contributed by atoms with Crippen molar-refractivity contribution in [1.29, 1.82) is 0 Å². The van der Waals surface area contributed by atoms with Crippen molar-refractivity contribution in [2.24, 2.45) is 6.98 Å². The van der Waals surface area contributed by atoms with Gasteiger partial charge in [0, 0.05) is 23.4 Å². The van der Waals surface area contributed by atoms with Gasteiger partial charge in [-0.15, -0.1) is 0 Å². The van der Waals surface area contributed by atoms with Crippen LogP contribution in [0, 0.1) is 0 Å². The Morgan fingerprint density at radius 2 is 2.78 bits per heavy atom. The minimum Gasteiger partial charge on any atom is -0.846 e. The van der Waals surface area contributed by atoms with Gasteiger partial charge in [-0.2, -0.15) is 0 Å². The Kier molecular flexibility index (Phi) is 0.631. The predicted molar refractivity (Wildman–Crippen MR) is 28.9 cm³/mol. The van der Waals surface area contributed by atoms with Crippen molar-refractivity contribution in [2.45, 2.75) is 0 Å². The third kappa shape index (κ3) is 0.910. The highest BCUT2D eigenvalue weighted by Crippen LogP contribution is 1.86. The van der Waals surface area contributed by atoms with Crippen LogP contribution in [0.5, 0.6) is 6.01 Å². The first-order valence-corrected chi connectivity index (χ1v) is 2.18. The molecular weight excluding hydrogens is 120 g/mol. The number of rotatable bonds is 0. The Balaban J connectivity index is 3.42. The summed E-state index contributed by atoms with van der Waals surface area (Å²) in [6.45, 7) is -2.75. The quantitative estimate of drug-likeness (QED) is 0.443. The number of hydrogen-bond donors (Lipinski definition) is 0. The van der Waals surface area contributed by atoms with Gasteiger partial charge in [0.05, 0.1) is 6.01 Å². The van der Waals surface area contributed by atoms with Gasteiger partial charge in [0.15, 0.2) is 0 Å². The molecule has 1 rings (SSSR count). The maximum Gasteiger partial charge on any atom is 0.252 e. The summed E-state index contributed by atoms with van der Waals surface area (Å²) < 4.78 is 20.6. The molecule has 0 saturated heterocycles. The molecule has 1 aromatic rings. The first-order valence-electron chi connectivity index (χ1n) is 3.68. The van der Waals surface area contributed by atoms with E-state index in [9.17, 15) is 9.90 Å². The molecule has 0 spiro atoms. The summed E-state index contributed by atoms with van der Waals surface area (Å²) in [6.07, 6.45) is 0.979. The van der Waals surface area contributed by atoms with Crippen LogP contribution in [0.2, 0.25) is 0 Å². The molecule has 0 saturated carbocycles. The fraction of sp³-hybridized carbons (Fsp3) is 0.200. The Morgan fingerprint density at radius 3 is 3.22 bits per heavy atom. The van der Waals surface area contributed by atoms with Crippen LogP contribution in [0.15, 0.2) is 17.1 Å². The Bertz CT molecular complexity index is 343. The summed E-state index contributed by atoms with van der Waals surface area (Å²) in [4.78, 5) is 14.0. The van der Waals surface area contributed by atoms with Crippen molar-refractivity contribution in [1.82, 2.24) is 9.55 Å². The molecule has 1 aromatic heterocycles. The van der Waals surface area contributed by atoms with Crippen LogP contribution in [0.25, 0.3) is 0 Å². The lowest BCUT2D eigenvalue weighted by Crippen LogP contribution is -2.19. The van der Waals surface area contributed by atoms with Gasteiger partial charge >= 0.3 is 0 Å². The maximum absolute atomic E-state index is 10.8. The molecule has 0 atom stereocenters. The second-order valence-electron chi connectivity index (χ2n) is 1.40. The van der Waals surface area contributed by atoms with Gasteiger partial charge in [0.2, 0.25) is 0 Å². The topological polar surface area (TPSA) is 57.9 Å². The van der Waals surface area contributed by atoms with Crippen LogP contribution in [-0.2, 0) is 6.98 Å². The van der Waals surface area contributed by atoms with E-state index in [0.717, 1.165) is 12.3 Å². The zero-order valence-corrected chi connectivity index (χ0v) is 4.37. The van der Waals surface area contributed by atoms with E-state index in [2.05, 4.69) is 4.98 Å². The van der Waals surface area contributed by atoms with Crippen molar-refractivity contribution in [3.8, 4) is 6.01 Å². The Morgan fingerprint density at radius 1 is 2.00 bits per heavy atom. The molecule has 0 aliphatic rings. The van der Waals surface area contributed by atoms with E-state index in [1.807, 2.05) is 0 Å². The molecule has 1 heterocycles. The first kappa shape index (κ1) is 3.00. The van der Waals surface area contributed by atoms with Crippen LogP contribution < -0.4 is 10.7 Å². The van der Waals surface area contributed by atoms with Crippen LogP contribution in [0.1, 0.15) is 4.11 Å². The normalized spacial score (nSPS) is 15.8. The summed E-state index contributed by atoms with van der Waals surface area (Å²) in [5.74, 6) is 0. The van der Waals surface area contributed by atoms with Gasteiger partial charge in [-0.3, -0.25) is 9.78 Å². The molecule has 0 N–H and O–H groups in total. The summed E-state index contributed by atoms with van der Waals surface area (Å²) in [5, 5.41) is 10.8. The first-order chi connectivity index (χ1) is 5.43. The smallest absolute Gasteiger partial charge is 0.252 e. The van der Waals surface area contributed by atoms with Crippen molar-refractivity contribution >= 4 is 0 Å². The minimum absolute atomic E-state index is 0.132. The highest BCUT2D eigenvalue weighted by atomic mass is 16.3. The fourth-order valence-electron chi connectivity index (χ4n) is 0.391. The number of aromatic nitrogens is 2. The van der Waals surface area contributed by atoms with E-state index in [-0.39, 0.29) is 4.57 Å². The number of nitrogens with zero attached hydrogens (tertiary/aromatic N) is 2. The summed E-state index contributed by atoms with van der Waals surface area (Å²) in [6, 6.07) is -0.129. The van der Waals surface area contributed by atoms with E-state index < -0.39 is 18.5 Å². The second kappa shape index (κ2) is 1.89. The molecule has 0 fully saturated rings. The van der Waals surface area contributed by atoms with Gasteiger partial charge in [-0.25, -0.2) is 0 Å². The molecule has 0 bridgehead atoms. The highest BCUT2D eigenvalue weighted by molar-refractivity contribution is 4.93. The zero-order chi connectivity index (χ0) is 9.35. The molecule has 0 radical (unpaired) electrons. The van der Waals surface area contributed by atoms with E-state index in [1.54, 1.807) is 0 Å². The lowest BCUT2D eigenvalue weighted by molar-refractivity contribution is -0.286. The number of hydrogen-bond acceptors (Lipinski definition) is 3. The van der Waals surface area contributed by atoms with Gasteiger partial charge in [-0.1, -0.05) is 0 Å². The summed E-state index contributed by atoms with van der Waals surface area (Å²) in [5.41, 5.74) is -0.866. The lowest BCUT2D eigenvalue weighted by Gasteiger charge is -2.07. The van der Waals surface area contributed by atoms with Gasteiger partial charge in [0.1, 0.15) is 0 Å². The lowest BCUT2D eigenvalue weighted by atomic mass is 10.6. The van der Waals surface area contributed by atoms with Gasteiger partial charge in [-0.05, 0) is 0 Å². The SMILES string of the molecule is [2H]C([2H])([2H])n1c([O-])nccc1=O. The van der Waals surface area contributed by atoms with Gasteiger partial charge < -0.3 is 9.67 Å². The van der Waals surface area contributed by atoms with E-state index in [4.69, 9.17) is 4.11 Å². The molecule has 0 unspecified atom stereocenters. The summed E-state index contributed by atoms with van der Waals surface area (Å²) in [7, 11) is 0. The molecule has 4 heteroatoms. The van der Waals surface area contributed by atoms with Crippen LogP contribution >= 0.6 is 0 Å². The molecule has 0 aliphatic heterocycles. The largest absolute Gasteiger partial charge is 0.846 e. The third-order valence-electron chi connectivity index (χ3n) is 0.814. The molecule has 4 nitrogen and oxygen atoms in total. The summed E-state index contributed by atoms with van der Waals surface area (Å²) >= 11 is 0. The van der Waals surface area contributed by atoms with Crippen molar-refractivity contribution < 1.29 is 9.22 Å². The molecule has 9 heavy (non-hydrogen) atoms. The monoisotopic (exact) mass is 128 g/mol. The predicted octanol–water partition coefficient (Wildman–Crippen LogP) is -1.15. The maximum atomic E-state index is 10.8.